The van der Waals surface area contributed by atoms with Crippen LogP contribution in [-0.2, 0) is 15.0 Å². The molecule has 4 heteroatoms. The van der Waals surface area contributed by atoms with Crippen molar-refractivity contribution in [2.24, 2.45) is 0 Å². The third-order valence-electron chi connectivity index (χ3n) is 3.00. The fourth-order valence-electron chi connectivity index (χ4n) is 2.11. The molecular formula is C12H11FO3. The molecule has 1 saturated carbocycles. The maximum absolute atomic E-state index is 13.2. The van der Waals surface area contributed by atoms with Crippen LogP contribution >= 0.6 is 0 Å². The summed E-state index contributed by atoms with van der Waals surface area (Å²) in [6.07, 6.45) is -0.0730. The highest BCUT2D eigenvalue weighted by Crippen LogP contribution is 2.42. The molecule has 0 amide bonds. The number of aliphatic carboxylic acids is 1. The monoisotopic (exact) mass is 222 g/mol. The van der Waals surface area contributed by atoms with Crippen molar-refractivity contribution in [2.45, 2.75) is 25.2 Å². The van der Waals surface area contributed by atoms with Gasteiger partial charge in [0.05, 0.1) is 0 Å². The van der Waals surface area contributed by atoms with Gasteiger partial charge in [0, 0.05) is 12.8 Å². The molecule has 0 saturated heterocycles. The standard InChI is InChI=1S/C12H11FO3/c1-7-2-8(4-9(13)3-7)12(11(15)16)5-10(14)6-12/h2-4H,5-6H2,1H3,(H,15,16). The minimum absolute atomic E-state index is 0.0365. The summed E-state index contributed by atoms with van der Waals surface area (Å²) in [7, 11) is 0. The maximum atomic E-state index is 13.2. The molecule has 1 N–H and O–H groups in total. The van der Waals surface area contributed by atoms with Crippen LogP contribution in [0.5, 0.6) is 0 Å². The SMILES string of the molecule is Cc1cc(F)cc(C2(C(=O)O)CC(=O)C2)c1. The van der Waals surface area contributed by atoms with Gasteiger partial charge >= 0.3 is 5.97 Å². The second kappa shape index (κ2) is 3.40. The van der Waals surface area contributed by atoms with Gasteiger partial charge in [-0.25, -0.2) is 4.39 Å². The summed E-state index contributed by atoms with van der Waals surface area (Å²) in [6.45, 7) is 1.70. The van der Waals surface area contributed by atoms with Crippen LogP contribution in [0.2, 0.25) is 0 Å². The summed E-state index contributed by atoms with van der Waals surface area (Å²) in [5.41, 5.74) is -0.156. The van der Waals surface area contributed by atoms with Crippen molar-refractivity contribution in [1.29, 1.82) is 0 Å². The fourth-order valence-corrected chi connectivity index (χ4v) is 2.11. The van der Waals surface area contributed by atoms with Crippen LogP contribution in [0.4, 0.5) is 4.39 Å². The van der Waals surface area contributed by atoms with Gasteiger partial charge < -0.3 is 5.11 Å². The molecule has 0 aromatic heterocycles. The van der Waals surface area contributed by atoms with Gasteiger partial charge in [-0.05, 0) is 30.2 Å². The van der Waals surface area contributed by atoms with E-state index in [0.29, 0.717) is 11.1 Å². The van der Waals surface area contributed by atoms with Crippen LogP contribution in [0.15, 0.2) is 18.2 Å². The van der Waals surface area contributed by atoms with Gasteiger partial charge in [-0.3, -0.25) is 9.59 Å². The van der Waals surface area contributed by atoms with Crippen molar-refractivity contribution >= 4 is 11.8 Å². The Labute approximate surface area is 91.9 Å². The topological polar surface area (TPSA) is 54.4 Å². The zero-order valence-corrected chi connectivity index (χ0v) is 8.79. The molecule has 3 nitrogen and oxygen atoms in total. The molecule has 1 aliphatic rings. The molecule has 0 heterocycles. The van der Waals surface area contributed by atoms with E-state index in [1.54, 1.807) is 13.0 Å². The first-order valence-corrected chi connectivity index (χ1v) is 4.97. The van der Waals surface area contributed by atoms with Gasteiger partial charge in [0.2, 0.25) is 0 Å². The van der Waals surface area contributed by atoms with Gasteiger partial charge in [-0.15, -0.1) is 0 Å². The molecule has 0 aliphatic heterocycles. The first-order chi connectivity index (χ1) is 7.44. The number of benzene rings is 1. The summed E-state index contributed by atoms with van der Waals surface area (Å²) in [5.74, 6) is -1.61. The van der Waals surface area contributed by atoms with Crippen LogP contribution in [0.1, 0.15) is 24.0 Å². The van der Waals surface area contributed by atoms with Crippen molar-refractivity contribution in [3.05, 3.63) is 35.1 Å². The van der Waals surface area contributed by atoms with E-state index in [1.165, 1.54) is 12.1 Å². The van der Waals surface area contributed by atoms with Gasteiger partial charge in [0.1, 0.15) is 17.0 Å². The molecule has 1 aromatic carbocycles. The van der Waals surface area contributed by atoms with Crippen molar-refractivity contribution in [1.82, 2.24) is 0 Å². The normalized spacial score (nSPS) is 18.0. The third-order valence-corrected chi connectivity index (χ3v) is 3.00. The molecule has 1 fully saturated rings. The van der Waals surface area contributed by atoms with E-state index in [1.807, 2.05) is 0 Å². The molecule has 0 atom stereocenters. The molecule has 2 rings (SSSR count). The van der Waals surface area contributed by atoms with Crippen LogP contribution < -0.4 is 0 Å². The first-order valence-electron chi connectivity index (χ1n) is 4.97. The Balaban J connectivity index is 2.48. The molecule has 1 aliphatic carbocycles. The number of aryl methyl sites for hydroxylation is 1. The van der Waals surface area contributed by atoms with Crippen LogP contribution in [0.25, 0.3) is 0 Å². The number of hydrogen-bond acceptors (Lipinski definition) is 2. The Hall–Kier alpha value is -1.71. The molecule has 0 radical (unpaired) electrons. The van der Waals surface area contributed by atoms with Crippen molar-refractivity contribution in [3.63, 3.8) is 0 Å². The predicted octanol–water partition coefficient (Wildman–Crippen LogP) is 1.82. The number of hydrogen-bond donors (Lipinski definition) is 1. The number of halogens is 1. The number of rotatable bonds is 2. The quantitative estimate of drug-likeness (QED) is 0.830. The van der Waals surface area contributed by atoms with E-state index in [0.717, 1.165) is 0 Å². The van der Waals surface area contributed by atoms with E-state index in [2.05, 4.69) is 0 Å². The summed E-state index contributed by atoms with van der Waals surface area (Å²) in [5, 5.41) is 9.16. The largest absolute Gasteiger partial charge is 0.481 e. The van der Waals surface area contributed by atoms with E-state index < -0.39 is 17.2 Å². The highest BCUT2D eigenvalue weighted by molar-refractivity contribution is 6.01. The van der Waals surface area contributed by atoms with E-state index in [4.69, 9.17) is 5.11 Å². The number of carbonyl (C=O) groups excluding carboxylic acids is 1. The number of carbonyl (C=O) groups is 2. The Kier molecular flexibility index (Phi) is 2.30. The molecule has 0 unspecified atom stereocenters. The van der Waals surface area contributed by atoms with Crippen LogP contribution in [-0.4, -0.2) is 16.9 Å². The second-order valence-electron chi connectivity index (χ2n) is 4.30. The fraction of sp³-hybridized carbons (Fsp3) is 0.333. The molecule has 0 spiro atoms. The molecular weight excluding hydrogens is 211 g/mol. The summed E-state index contributed by atoms with van der Waals surface area (Å²) >= 11 is 0. The van der Waals surface area contributed by atoms with Gasteiger partial charge in [0.15, 0.2) is 0 Å². The lowest BCUT2D eigenvalue weighted by Crippen LogP contribution is -2.48. The number of Topliss-reactive ketones (excluding diaryl/α,β-unsaturated/α-hetero) is 1. The minimum Gasteiger partial charge on any atom is -0.481 e. The average molecular weight is 222 g/mol. The minimum atomic E-state index is -1.20. The highest BCUT2D eigenvalue weighted by atomic mass is 19.1. The highest BCUT2D eigenvalue weighted by Gasteiger charge is 2.51. The van der Waals surface area contributed by atoms with Crippen molar-refractivity contribution in [2.75, 3.05) is 0 Å². The van der Waals surface area contributed by atoms with Crippen molar-refractivity contribution in [3.8, 4) is 0 Å². The molecule has 0 bridgehead atoms. The van der Waals surface area contributed by atoms with E-state index >= 15 is 0 Å². The Morgan fingerprint density at radius 2 is 2.00 bits per heavy atom. The van der Waals surface area contributed by atoms with Crippen molar-refractivity contribution < 1.29 is 19.1 Å². The van der Waals surface area contributed by atoms with Gasteiger partial charge in [-0.1, -0.05) is 6.07 Å². The zero-order chi connectivity index (χ0) is 11.9. The third kappa shape index (κ3) is 1.50. The second-order valence-corrected chi connectivity index (χ2v) is 4.30. The lowest BCUT2D eigenvalue weighted by atomic mass is 9.63. The van der Waals surface area contributed by atoms with Crippen LogP contribution in [0, 0.1) is 12.7 Å². The summed E-state index contributed by atoms with van der Waals surface area (Å²) < 4.78 is 13.2. The van der Waals surface area contributed by atoms with E-state index in [9.17, 15) is 14.0 Å². The number of carboxylic acids is 1. The Morgan fingerprint density at radius 3 is 2.44 bits per heavy atom. The van der Waals surface area contributed by atoms with Gasteiger partial charge in [-0.2, -0.15) is 0 Å². The Bertz CT molecular complexity index is 451. The molecule has 84 valence electrons. The first kappa shape index (κ1) is 10.8. The smallest absolute Gasteiger partial charge is 0.315 e. The zero-order valence-electron chi connectivity index (χ0n) is 8.79. The Morgan fingerprint density at radius 1 is 1.38 bits per heavy atom. The predicted molar refractivity (Wildman–Crippen MR) is 54.7 cm³/mol. The van der Waals surface area contributed by atoms with E-state index in [-0.39, 0.29) is 18.6 Å². The van der Waals surface area contributed by atoms with Gasteiger partial charge in [0.25, 0.3) is 0 Å². The molecule has 1 aromatic rings. The lowest BCUT2D eigenvalue weighted by Gasteiger charge is -2.36. The lowest BCUT2D eigenvalue weighted by molar-refractivity contribution is -0.153. The summed E-state index contributed by atoms with van der Waals surface area (Å²) in [4.78, 5) is 22.2. The molecule has 16 heavy (non-hydrogen) atoms. The number of carboxylic acid groups (broad SMARTS) is 1. The number of ketones is 1. The van der Waals surface area contributed by atoms with Crippen LogP contribution in [0.3, 0.4) is 0 Å². The average Bonchev–Trinajstić information content (AvgIpc) is 2.10. The summed E-state index contributed by atoms with van der Waals surface area (Å²) in [6, 6.07) is 4.16. The maximum Gasteiger partial charge on any atom is 0.315 e.